The number of nitrogens with zero attached hydrogens (tertiary/aromatic N) is 1. The van der Waals surface area contributed by atoms with E-state index in [0.29, 0.717) is 10.6 Å². The molecule has 1 aromatic carbocycles. The van der Waals surface area contributed by atoms with E-state index in [0.717, 1.165) is 5.56 Å². The van der Waals surface area contributed by atoms with Gasteiger partial charge in [0.2, 0.25) is 0 Å². The summed E-state index contributed by atoms with van der Waals surface area (Å²) in [6.07, 6.45) is 2.95. The number of nitrogens with one attached hydrogen (secondary N) is 1. The number of hydrogen-bond acceptors (Lipinski definition) is 2. The summed E-state index contributed by atoms with van der Waals surface area (Å²) in [5.74, 6) is -0.421. The molecule has 2 aromatic rings. The topological polar surface area (TPSA) is 42.0 Å². The third-order valence-electron chi connectivity index (χ3n) is 3.20. The van der Waals surface area contributed by atoms with Crippen molar-refractivity contribution in [2.75, 3.05) is 0 Å². The molecule has 3 nitrogen and oxygen atoms in total. The fourth-order valence-electron chi connectivity index (χ4n) is 2.08. The molecule has 0 aliphatic rings. The van der Waals surface area contributed by atoms with E-state index in [-0.39, 0.29) is 23.7 Å². The zero-order chi connectivity index (χ0) is 15.4. The van der Waals surface area contributed by atoms with Gasteiger partial charge in [-0.25, -0.2) is 4.39 Å². The summed E-state index contributed by atoms with van der Waals surface area (Å²) in [7, 11) is 0. The lowest BCUT2D eigenvalue weighted by molar-refractivity contribution is 0.0925. The minimum Gasteiger partial charge on any atom is -0.345 e. The molecular formula is C16H16ClFN2O. The van der Waals surface area contributed by atoms with E-state index in [9.17, 15) is 9.18 Å². The molecule has 0 saturated carbocycles. The van der Waals surface area contributed by atoms with Crippen LogP contribution in [0.25, 0.3) is 0 Å². The number of carbonyl (C=O) groups excluding carboxylic acids is 1. The van der Waals surface area contributed by atoms with Crippen molar-refractivity contribution in [3.63, 3.8) is 0 Å². The fraction of sp³-hybridized carbons (Fsp3) is 0.250. The summed E-state index contributed by atoms with van der Waals surface area (Å²) in [6, 6.07) is 7.47. The van der Waals surface area contributed by atoms with Gasteiger partial charge in [0.25, 0.3) is 5.91 Å². The average molecular weight is 307 g/mol. The number of hydrogen-bond donors (Lipinski definition) is 1. The van der Waals surface area contributed by atoms with Crippen molar-refractivity contribution in [2.45, 2.75) is 19.9 Å². The van der Waals surface area contributed by atoms with Gasteiger partial charge in [-0.3, -0.25) is 9.78 Å². The van der Waals surface area contributed by atoms with Crippen LogP contribution in [0.1, 0.15) is 35.8 Å². The number of rotatable bonds is 4. The molecule has 2 rings (SSSR count). The molecule has 1 unspecified atom stereocenters. The SMILES string of the molecule is CC(C)C(NC(=O)c1ccncc1Cl)c1ccc(F)cc1. The molecule has 1 heterocycles. The quantitative estimate of drug-likeness (QED) is 0.927. The largest absolute Gasteiger partial charge is 0.345 e. The molecule has 0 aliphatic carbocycles. The normalized spacial score (nSPS) is 12.2. The van der Waals surface area contributed by atoms with E-state index in [1.54, 1.807) is 18.2 Å². The molecular weight excluding hydrogens is 291 g/mol. The van der Waals surface area contributed by atoms with E-state index in [4.69, 9.17) is 11.6 Å². The van der Waals surface area contributed by atoms with E-state index in [1.165, 1.54) is 24.5 Å². The highest BCUT2D eigenvalue weighted by atomic mass is 35.5. The molecule has 1 amide bonds. The van der Waals surface area contributed by atoms with Crippen LogP contribution in [0.5, 0.6) is 0 Å². The first-order valence-electron chi connectivity index (χ1n) is 6.65. The van der Waals surface area contributed by atoms with Crippen molar-refractivity contribution >= 4 is 17.5 Å². The zero-order valence-electron chi connectivity index (χ0n) is 11.8. The Morgan fingerprint density at radius 1 is 1.24 bits per heavy atom. The monoisotopic (exact) mass is 306 g/mol. The van der Waals surface area contributed by atoms with Crippen molar-refractivity contribution in [2.24, 2.45) is 5.92 Å². The van der Waals surface area contributed by atoms with Gasteiger partial charge in [0.15, 0.2) is 0 Å². The van der Waals surface area contributed by atoms with Gasteiger partial charge in [-0.05, 0) is 29.7 Å². The molecule has 0 spiro atoms. The van der Waals surface area contributed by atoms with E-state index in [1.807, 2.05) is 13.8 Å². The van der Waals surface area contributed by atoms with Crippen molar-refractivity contribution in [3.05, 3.63) is 64.7 Å². The van der Waals surface area contributed by atoms with Crippen LogP contribution in [0, 0.1) is 11.7 Å². The maximum Gasteiger partial charge on any atom is 0.253 e. The summed E-state index contributed by atoms with van der Waals surface area (Å²) in [4.78, 5) is 16.2. The van der Waals surface area contributed by atoms with Crippen molar-refractivity contribution < 1.29 is 9.18 Å². The molecule has 0 radical (unpaired) electrons. The van der Waals surface area contributed by atoms with Crippen LogP contribution < -0.4 is 5.32 Å². The zero-order valence-corrected chi connectivity index (χ0v) is 12.6. The van der Waals surface area contributed by atoms with Crippen molar-refractivity contribution in [1.29, 1.82) is 0 Å². The molecule has 0 aliphatic heterocycles. The number of benzene rings is 1. The minimum absolute atomic E-state index is 0.153. The lowest BCUT2D eigenvalue weighted by Gasteiger charge is -2.23. The standard InChI is InChI=1S/C16H16ClFN2O/c1-10(2)15(11-3-5-12(18)6-4-11)20-16(21)13-7-8-19-9-14(13)17/h3-10,15H,1-2H3,(H,20,21). The van der Waals surface area contributed by atoms with Gasteiger partial charge in [-0.2, -0.15) is 0 Å². The summed E-state index contributed by atoms with van der Waals surface area (Å²) in [6.45, 7) is 3.98. The Labute approximate surface area is 128 Å². The predicted molar refractivity (Wildman–Crippen MR) is 80.7 cm³/mol. The van der Waals surface area contributed by atoms with Gasteiger partial charge < -0.3 is 5.32 Å². The number of amides is 1. The van der Waals surface area contributed by atoms with Crippen LogP contribution in [0.4, 0.5) is 4.39 Å². The number of aromatic nitrogens is 1. The molecule has 1 aromatic heterocycles. The molecule has 0 bridgehead atoms. The van der Waals surface area contributed by atoms with E-state index < -0.39 is 0 Å². The smallest absolute Gasteiger partial charge is 0.253 e. The highest BCUT2D eigenvalue weighted by molar-refractivity contribution is 6.33. The first kappa shape index (κ1) is 15.4. The first-order chi connectivity index (χ1) is 9.99. The van der Waals surface area contributed by atoms with Crippen LogP contribution in [0.3, 0.4) is 0 Å². The summed E-state index contributed by atoms with van der Waals surface area (Å²) >= 11 is 5.98. The third-order valence-corrected chi connectivity index (χ3v) is 3.50. The fourth-order valence-corrected chi connectivity index (χ4v) is 2.29. The number of pyridine rings is 1. The third kappa shape index (κ3) is 3.79. The second-order valence-electron chi connectivity index (χ2n) is 5.10. The van der Waals surface area contributed by atoms with Gasteiger partial charge in [0, 0.05) is 12.4 Å². The molecule has 110 valence electrons. The molecule has 21 heavy (non-hydrogen) atoms. The Bertz CT molecular complexity index is 628. The van der Waals surface area contributed by atoms with Crippen molar-refractivity contribution in [3.8, 4) is 0 Å². The summed E-state index contributed by atoms with van der Waals surface area (Å²) in [5.41, 5.74) is 1.23. The Kier molecular flexibility index (Phi) is 4.91. The molecule has 1 atom stereocenters. The second-order valence-corrected chi connectivity index (χ2v) is 5.51. The molecule has 0 fully saturated rings. The lowest BCUT2D eigenvalue weighted by atomic mass is 9.95. The van der Waals surface area contributed by atoms with Crippen LogP contribution in [0.2, 0.25) is 5.02 Å². The van der Waals surface area contributed by atoms with Gasteiger partial charge in [0.1, 0.15) is 5.82 Å². The minimum atomic E-state index is -0.301. The Hall–Kier alpha value is -1.94. The summed E-state index contributed by atoms with van der Waals surface area (Å²) in [5, 5.41) is 3.24. The highest BCUT2D eigenvalue weighted by Crippen LogP contribution is 2.23. The second kappa shape index (κ2) is 6.68. The molecule has 1 N–H and O–H groups in total. The number of halogens is 2. The average Bonchev–Trinajstić information content (AvgIpc) is 2.46. The van der Waals surface area contributed by atoms with Gasteiger partial charge in [-0.15, -0.1) is 0 Å². The maximum absolute atomic E-state index is 13.0. The van der Waals surface area contributed by atoms with Crippen molar-refractivity contribution in [1.82, 2.24) is 10.3 Å². The maximum atomic E-state index is 13.0. The van der Waals surface area contributed by atoms with E-state index >= 15 is 0 Å². The van der Waals surface area contributed by atoms with Crippen LogP contribution in [-0.2, 0) is 0 Å². The van der Waals surface area contributed by atoms with Gasteiger partial charge >= 0.3 is 0 Å². The van der Waals surface area contributed by atoms with Gasteiger partial charge in [0.05, 0.1) is 16.6 Å². The molecule has 5 heteroatoms. The van der Waals surface area contributed by atoms with Crippen LogP contribution >= 0.6 is 11.6 Å². The summed E-state index contributed by atoms with van der Waals surface area (Å²) < 4.78 is 13.0. The first-order valence-corrected chi connectivity index (χ1v) is 7.02. The molecule has 0 saturated heterocycles. The number of carbonyl (C=O) groups is 1. The van der Waals surface area contributed by atoms with Crippen LogP contribution in [-0.4, -0.2) is 10.9 Å². The van der Waals surface area contributed by atoms with Gasteiger partial charge in [-0.1, -0.05) is 37.6 Å². The van der Waals surface area contributed by atoms with Crippen LogP contribution in [0.15, 0.2) is 42.7 Å². The Morgan fingerprint density at radius 2 is 1.90 bits per heavy atom. The highest BCUT2D eigenvalue weighted by Gasteiger charge is 2.20. The Morgan fingerprint density at radius 3 is 2.48 bits per heavy atom. The Balaban J connectivity index is 2.23. The predicted octanol–water partition coefficient (Wildman–Crippen LogP) is 4.00. The lowest BCUT2D eigenvalue weighted by Crippen LogP contribution is -2.32. The van der Waals surface area contributed by atoms with E-state index in [2.05, 4.69) is 10.3 Å².